The van der Waals surface area contributed by atoms with Gasteiger partial charge < -0.3 is 10.0 Å². The van der Waals surface area contributed by atoms with Crippen molar-refractivity contribution in [2.75, 3.05) is 14.1 Å². The van der Waals surface area contributed by atoms with Gasteiger partial charge in [0.05, 0.1) is 5.54 Å². The molecule has 0 atom stereocenters. The van der Waals surface area contributed by atoms with Crippen molar-refractivity contribution in [2.45, 2.75) is 52.6 Å². The third kappa shape index (κ3) is 4.45. The van der Waals surface area contributed by atoms with Crippen molar-refractivity contribution in [2.24, 2.45) is 4.99 Å². The number of carbonyl (C=O) groups is 1. The molecule has 0 aromatic rings. The lowest BCUT2D eigenvalue weighted by molar-refractivity contribution is 0.0619. The van der Waals surface area contributed by atoms with Crippen molar-refractivity contribution in [1.29, 1.82) is 0 Å². The Morgan fingerprint density at radius 2 is 1.58 bits per heavy atom. The summed E-state index contributed by atoms with van der Waals surface area (Å²) in [6, 6.07) is 0. The van der Waals surface area contributed by atoms with Crippen LogP contribution < -0.4 is 0 Å². The molecule has 5 nitrogen and oxygen atoms in total. The number of amides is 1. The van der Waals surface area contributed by atoms with Crippen LogP contribution in [-0.4, -0.2) is 57.0 Å². The van der Waals surface area contributed by atoms with E-state index in [9.17, 15) is 9.90 Å². The topological polar surface area (TPSA) is 56.1 Å². The summed E-state index contributed by atoms with van der Waals surface area (Å²) in [6.07, 6.45) is -1.00. The smallest absolute Gasteiger partial charge is 0.408 e. The molecule has 0 saturated heterocycles. The van der Waals surface area contributed by atoms with Gasteiger partial charge in [-0.1, -0.05) is 12.2 Å². The molecule has 110 valence electrons. The fourth-order valence-electron chi connectivity index (χ4n) is 1.84. The molecular weight excluding hydrogens is 262 g/mol. The Bertz CT molecular complexity index is 395. The van der Waals surface area contributed by atoms with Crippen molar-refractivity contribution in [3.05, 3.63) is 0 Å². The largest absolute Gasteiger partial charge is 0.465 e. The summed E-state index contributed by atoms with van der Waals surface area (Å²) in [5, 5.41) is 9.44. The van der Waals surface area contributed by atoms with E-state index in [4.69, 9.17) is 12.2 Å². The van der Waals surface area contributed by atoms with E-state index in [1.165, 1.54) is 4.90 Å². The fourth-order valence-corrected chi connectivity index (χ4v) is 2.07. The Morgan fingerprint density at radius 1 is 1.16 bits per heavy atom. The molecule has 0 aromatic heterocycles. The Hall–Kier alpha value is -1.17. The maximum atomic E-state index is 11.5. The Kier molecular flexibility index (Phi) is 5.50. The minimum absolute atomic E-state index is 0.357. The van der Waals surface area contributed by atoms with Crippen LogP contribution in [0.25, 0.3) is 0 Å². The van der Waals surface area contributed by atoms with Crippen LogP contribution >= 0.6 is 12.2 Å². The van der Waals surface area contributed by atoms with Gasteiger partial charge in [0.15, 0.2) is 0 Å². The van der Waals surface area contributed by atoms with Gasteiger partial charge in [-0.2, -0.15) is 0 Å². The highest BCUT2D eigenvalue weighted by Gasteiger charge is 2.41. The van der Waals surface area contributed by atoms with Gasteiger partial charge in [0.2, 0.25) is 0 Å². The van der Waals surface area contributed by atoms with Gasteiger partial charge >= 0.3 is 6.09 Å². The van der Waals surface area contributed by atoms with E-state index in [0.29, 0.717) is 4.99 Å². The van der Waals surface area contributed by atoms with E-state index in [1.54, 1.807) is 13.8 Å². The molecule has 0 heterocycles. The summed E-state index contributed by atoms with van der Waals surface area (Å²) in [4.78, 5) is 19.4. The molecule has 0 radical (unpaired) electrons. The molecule has 19 heavy (non-hydrogen) atoms. The Labute approximate surface area is 121 Å². The number of rotatable bonds is 2. The summed E-state index contributed by atoms with van der Waals surface area (Å²) in [6.45, 7) is 10.9. The first kappa shape index (κ1) is 17.8. The summed E-state index contributed by atoms with van der Waals surface area (Å²) in [7, 11) is 3.74. The van der Waals surface area contributed by atoms with Crippen molar-refractivity contribution >= 4 is 29.1 Å². The molecule has 6 heteroatoms. The zero-order valence-electron chi connectivity index (χ0n) is 13.1. The number of amidine groups is 1. The SMILES string of the molecule is CC(=NC(=S)C(C)(C)N(C(=O)O)C(C)(C)C)N(C)C. The first-order chi connectivity index (χ1) is 8.31. The second-order valence-corrected chi connectivity index (χ2v) is 6.59. The zero-order chi connectivity index (χ0) is 15.6. The number of hydrogen-bond donors (Lipinski definition) is 1. The maximum Gasteiger partial charge on any atom is 0.408 e. The first-order valence-corrected chi connectivity index (χ1v) is 6.53. The van der Waals surface area contributed by atoms with Crippen LogP contribution in [0.4, 0.5) is 4.79 Å². The number of aliphatic imine (C=N–C) groups is 1. The van der Waals surface area contributed by atoms with E-state index in [2.05, 4.69) is 4.99 Å². The zero-order valence-corrected chi connectivity index (χ0v) is 13.9. The molecule has 0 bridgehead atoms. The molecule has 0 aliphatic carbocycles. The van der Waals surface area contributed by atoms with Crippen LogP contribution in [0.2, 0.25) is 0 Å². The van der Waals surface area contributed by atoms with Gasteiger partial charge in [0, 0.05) is 19.6 Å². The highest BCUT2D eigenvalue weighted by atomic mass is 32.1. The summed E-state index contributed by atoms with van der Waals surface area (Å²) in [5.74, 6) is 0.748. The Morgan fingerprint density at radius 3 is 1.84 bits per heavy atom. The van der Waals surface area contributed by atoms with Crippen LogP contribution in [0.15, 0.2) is 4.99 Å². The molecule has 1 N–H and O–H groups in total. The van der Waals surface area contributed by atoms with Crippen LogP contribution in [0.3, 0.4) is 0 Å². The van der Waals surface area contributed by atoms with Crippen LogP contribution in [0.5, 0.6) is 0 Å². The molecule has 0 spiro atoms. The minimum Gasteiger partial charge on any atom is -0.465 e. The van der Waals surface area contributed by atoms with Gasteiger partial charge in [0.25, 0.3) is 0 Å². The number of hydrogen-bond acceptors (Lipinski definition) is 2. The monoisotopic (exact) mass is 287 g/mol. The van der Waals surface area contributed by atoms with Crippen molar-refractivity contribution in [3.63, 3.8) is 0 Å². The maximum absolute atomic E-state index is 11.5. The quantitative estimate of drug-likeness (QED) is 0.482. The Balaban J connectivity index is 5.52. The summed E-state index contributed by atoms with van der Waals surface area (Å²) < 4.78 is 0. The molecule has 0 saturated carbocycles. The third-order valence-corrected chi connectivity index (χ3v) is 3.45. The number of nitrogens with zero attached hydrogens (tertiary/aromatic N) is 3. The normalized spacial score (nSPS) is 13.2. The van der Waals surface area contributed by atoms with E-state index in [0.717, 1.165) is 5.84 Å². The second-order valence-electron chi connectivity index (χ2n) is 6.21. The minimum atomic E-state index is -1.00. The van der Waals surface area contributed by atoms with E-state index < -0.39 is 17.2 Å². The molecule has 1 amide bonds. The predicted molar refractivity (Wildman–Crippen MR) is 83.1 cm³/mol. The predicted octanol–water partition coefficient (Wildman–Crippen LogP) is 2.85. The highest BCUT2D eigenvalue weighted by molar-refractivity contribution is 7.80. The lowest BCUT2D eigenvalue weighted by Gasteiger charge is -2.44. The fraction of sp³-hybridized carbons (Fsp3) is 0.769. The number of thiocarbonyl (C=S) groups is 1. The lowest BCUT2D eigenvalue weighted by atomic mass is 9.95. The van der Waals surface area contributed by atoms with Gasteiger partial charge in [-0.25, -0.2) is 9.79 Å². The van der Waals surface area contributed by atoms with E-state index in [1.807, 2.05) is 46.7 Å². The van der Waals surface area contributed by atoms with Gasteiger partial charge in [-0.15, -0.1) is 0 Å². The van der Waals surface area contributed by atoms with E-state index in [-0.39, 0.29) is 0 Å². The van der Waals surface area contributed by atoms with Gasteiger partial charge in [0.1, 0.15) is 10.8 Å². The van der Waals surface area contributed by atoms with E-state index >= 15 is 0 Å². The van der Waals surface area contributed by atoms with Crippen molar-refractivity contribution in [1.82, 2.24) is 9.80 Å². The van der Waals surface area contributed by atoms with Crippen LogP contribution in [0.1, 0.15) is 41.5 Å². The summed E-state index contributed by atoms with van der Waals surface area (Å²) >= 11 is 5.33. The summed E-state index contributed by atoms with van der Waals surface area (Å²) in [5.41, 5.74) is -1.41. The molecular formula is C13H25N3O2S. The molecule has 0 fully saturated rings. The molecule has 0 aliphatic rings. The third-order valence-electron chi connectivity index (χ3n) is 2.86. The highest BCUT2D eigenvalue weighted by Crippen LogP contribution is 2.27. The van der Waals surface area contributed by atoms with Crippen LogP contribution in [0, 0.1) is 0 Å². The number of carboxylic acid groups (broad SMARTS) is 1. The average Bonchev–Trinajstić information content (AvgIpc) is 2.12. The second kappa shape index (κ2) is 5.86. The average molecular weight is 287 g/mol. The van der Waals surface area contributed by atoms with Crippen LogP contribution in [-0.2, 0) is 0 Å². The molecule has 0 rings (SSSR count). The standard InChI is InChI=1S/C13H25N3O2S/c1-9(15(7)8)14-10(19)13(5,6)16(11(17)18)12(2,3)4/h1-8H3,(H,17,18). The molecule has 0 aliphatic heterocycles. The van der Waals surface area contributed by atoms with Gasteiger partial charge in [-0.05, 0) is 41.5 Å². The molecule has 0 unspecified atom stereocenters. The van der Waals surface area contributed by atoms with Crippen molar-refractivity contribution in [3.8, 4) is 0 Å². The lowest BCUT2D eigenvalue weighted by Crippen LogP contribution is -2.59. The van der Waals surface area contributed by atoms with Crippen molar-refractivity contribution < 1.29 is 9.90 Å². The molecule has 0 aromatic carbocycles. The first-order valence-electron chi connectivity index (χ1n) is 6.12. The van der Waals surface area contributed by atoms with Gasteiger partial charge in [-0.3, -0.25) is 4.90 Å².